The number of methoxy groups -OCH3 is 1. The summed E-state index contributed by atoms with van der Waals surface area (Å²) in [6, 6.07) is 5.31. The van der Waals surface area contributed by atoms with Crippen LogP contribution in [-0.4, -0.2) is 48.1 Å². The van der Waals surface area contributed by atoms with Crippen molar-refractivity contribution < 1.29 is 4.74 Å². The Morgan fingerprint density at radius 3 is 2.62 bits per heavy atom. The Balaban J connectivity index is 1.54. The first-order chi connectivity index (χ1) is 12.6. The van der Waals surface area contributed by atoms with Crippen molar-refractivity contribution in [2.45, 2.75) is 0 Å². The number of thiazole rings is 1. The summed E-state index contributed by atoms with van der Waals surface area (Å²) in [5.41, 5.74) is 1.57. The van der Waals surface area contributed by atoms with E-state index >= 15 is 0 Å². The molecule has 1 aromatic carbocycles. The molecule has 0 N–H and O–H groups in total. The van der Waals surface area contributed by atoms with Gasteiger partial charge in [0.2, 0.25) is 0 Å². The molecule has 1 aliphatic heterocycles. The number of rotatable bonds is 3. The Hall–Kier alpha value is -2.32. The first kappa shape index (κ1) is 17.1. The lowest BCUT2D eigenvalue weighted by atomic mass is 10.3. The first-order valence-corrected chi connectivity index (χ1v) is 9.42. The zero-order valence-electron chi connectivity index (χ0n) is 14.5. The molecule has 1 fully saturated rings. The second-order valence-electron chi connectivity index (χ2n) is 6.07. The van der Waals surface area contributed by atoms with Crippen molar-refractivity contribution in [1.82, 2.24) is 14.8 Å². The molecular formula is C17H18ClN5O2S. The van der Waals surface area contributed by atoms with Gasteiger partial charge in [-0.3, -0.25) is 4.79 Å². The van der Waals surface area contributed by atoms with Gasteiger partial charge in [-0.15, -0.1) is 0 Å². The van der Waals surface area contributed by atoms with Gasteiger partial charge in [-0.05, 0) is 12.1 Å². The molecule has 26 heavy (non-hydrogen) atoms. The van der Waals surface area contributed by atoms with Crippen LogP contribution in [0, 0.1) is 0 Å². The third-order valence-electron chi connectivity index (χ3n) is 4.54. The van der Waals surface area contributed by atoms with Gasteiger partial charge in [-0.2, -0.15) is 5.10 Å². The van der Waals surface area contributed by atoms with Crippen LogP contribution in [-0.2, 0) is 7.05 Å². The lowest BCUT2D eigenvalue weighted by molar-refractivity contribution is 0.419. The van der Waals surface area contributed by atoms with Crippen LogP contribution < -0.4 is 20.1 Å². The highest BCUT2D eigenvalue weighted by atomic mass is 35.5. The maximum Gasteiger partial charge on any atom is 0.268 e. The quantitative estimate of drug-likeness (QED) is 0.683. The van der Waals surface area contributed by atoms with Crippen molar-refractivity contribution in [3.05, 3.63) is 39.8 Å². The van der Waals surface area contributed by atoms with Crippen molar-refractivity contribution in [3.63, 3.8) is 0 Å². The minimum Gasteiger partial charge on any atom is -0.494 e. The normalized spacial score (nSPS) is 14.9. The van der Waals surface area contributed by atoms with Crippen LogP contribution in [0.4, 0.5) is 10.8 Å². The number of halogens is 1. The fourth-order valence-corrected chi connectivity index (χ4v) is 4.34. The number of aromatic nitrogens is 3. The Bertz CT molecular complexity index is 1010. The summed E-state index contributed by atoms with van der Waals surface area (Å²) in [6.45, 7) is 3.23. The van der Waals surface area contributed by atoms with E-state index in [1.165, 1.54) is 4.68 Å². The Morgan fingerprint density at radius 1 is 1.19 bits per heavy atom. The molecule has 4 rings (SSSR count). The van der Waals surface area contributed by atoms with Crippen molar-refractivity contribution in [2.75, 3.05) is 43.1 Å². The number of piperazine rings is 1. The zero-order chi connectivity index (χ0) is 18.3. The fraction of sp³-hybridized carbons (Fsp3) is 0.353. The summed E-state index contributed by atoms with van der Waals surface area (Å²) in [5, 5.41) is 5.73. The summed E-state index contributed by atoms with van der Waals surface area (Å²) in [5.74, 6) is 0.733. The van der Waals surface area contributed by atoms with Crippen LogP contribution in [0.5, 0.6) is 5.75 Å². The summed E-state index contributed by atoms with van der Waals surface area (Å²) in [6.07, 6.45) is 1.74. The van der Waals surface area contributed by atoms with E-state index in [1.807, 2.05) is 12.1 Å². The number of benzene rings is 1. The van der Waals surface area contributed by atoms with Crippen LogP contribution in [0.15, 0.2) is 29.2 Å². The van der Waals surface area contributed by atoms with Crippen LogP contribution >= 0.6 is 22.9 Å². The van der Waals surface area contributed by atoms with Gasteiger partial charge in [-0.1, -0.05) is 22.9 Å². The van der Waals surface area contributed by atoms with Crippen molar-refractivity contribution in [2.24, 2.45) is 7.05 Å². The largest absolute Gasteiger partial charge is 0.494 e. The molecule has 0 amide bonds. The van der Waals surface area contributed by atoms with Gasteiger partial charge in [0, 0.05) is 39.3 Å². The van der Waals surface area contributed by atoms with Crippen LogP contribution in [0.3, 0.4) is 0 Å². The highest BCUT2D eigenvalue weighted by Crippen LogP contribution is 2.38. The molecule has 0 aliphatic carbocycles. The fourth-order valence-electron chi connectivity index (χ4n) is 3.03. The van der Waals surface area contributed by atoms with Gasteiger partial charge >= 0.3 is 0 Å². The van der Waals surface area contributed by atoms with Crippen molar-refractivity contribution >= 4 is 44.0 Å². The van der Waals surface area contributed by atoms with Gasteiger partial charge < -0.3 is 14.5 Å². The van der Waals surface area contributed by atoms with E-state index in [2.05, 4.69) is 14.9 Å². The maximum atomic E-state index is 11.8. The molecular weight excluding hydrogens is 374 g/mol. The monoisotopic (exact) mass is 391 g/mol. The highest BCUT2D eigenvalue weighted by molar-refractivity contribution is 7.22. The van der Waals surface area contributed by atoms with E-state index in [4.69, 9.17) is 21.3 Å². The Kier molecular flexibility index (Phi) is 4.46. The van der Waals surface area contributed by atoms with E-state index in [0.717, 1.165) is 53.0 Å². The zero-order valence-corrected chi connectivity index (χ0v) is 16.0. The molecule has 2 aromatic heterocycles. The molecule has 3 aromatic rings. The average molecular weight is 392 g/mol. The molecule has 7 nitrogen and oxygen atoms in total. The van der Waals surface area contributed by atoms with Gasteiger partial charge in [0.1, 0.15) is 11.3 Å². The van der Waals surface area contributed by atoms with Crippen molar-refractivity contribution in [1.29, 1.82) is 0 Å². The first-order valence-electron chi connectivity index (χ1n) is 8.23. The minimum atomic E-state index is -0.0992. The number of aryl methyl sites for hydroxylation is 1. The van der Waals surface area contributed by atoms with Crippen LogP contribution in [0.25, 0.3) is 10.2 Å². The maximum absolute atomic E-state index is 11.8. The van der Waals surface area contributed by atoms with Gasteiger partial charge in [0.25, 0.3) is 5.56 Å². The lowest BCUT2D eigenvalue weighted by Crippen LogP contribution is -2.47. The third-order valence-corrected chi connectivity index (χ3v) is 6.11. The molecule has 1 aliphatic rings. The molecule has 0 unspecified atom stereocenters. The van der Waals surface area contributed by atoms with Gasteiger partial charge in [0.05, 0.1) is 28.7 Å². The van der Waals surface area contributed by atoms with E-state index in [0.29, 0.717) is 5.02 Å². The summed E-state index contributed by atoms with van der Waals surface area (Å²) < 4.78 is 7.67. The van der Waals surface area contributed by atoms with Crippen LogP contribution in [0.2, 0.25) is 5.02 Å². The lowest BCUT2D eigenvalue weighted by Gasteiger charge is -2.35. The second-order valence-corrected chi connectivity index (χ2v) is 7.46. The number of hydrogen-bond donors (Lipinski definition) is 0. The number of ether oxygens (including phenoxy) is 1. The summed E-state index contributed by atoms with van der Waals surface area (Å²) >= 11 is 7.90. The number of anilines is 2. The molecule has 9 heteroatoms. The molecule has 136 valence electrons. The minimum absolute atomic E-state index is 0.0992. The third kappa shape index (κ3) is 2.99. The Labute approximate surface area is 159 Å². The predicted molar refractivity (Wildman–Crippen MR) is 105 cm³/mol. The SMILES string of the molecule is COc1ccc(Cl)c2sc(N3CCN(c4cnn(C)c(=O)c4)CC3)nc12. The smallest absolute Gasteiger partial charge is 0.268 e. The van der Waals surface area contributed by atoms with Crippen molar-refractivity contribution in [3.8, 4) is 5.75 Å². The van der Waals surface area contributed by atoms with E-state index in [9.17, 15) is 4.79 Å². The average Bonchev–Trinajstić information content (AvgIpc) is 3.11. The molecule has 0 spiro atoms. The second kappa shape index (κ2) is 6.77. The summed E-state index contributed by atoms with van der Waals surface area (Å²) in [4.78, 5) is 20.9. The van der Waals surface area contributed by atoms with E-state index in [1.54, 1.807) is 37.8 Å². The number of fused-ring (bicyclic) bond motifs is 1. The van der Waals surface area contributed by atoms with E-state index < -0.39 is 0 Å². The molecule has 0 atom stereocenters. The standard InChI is InChI=1S/C17H18ClN5O2S/c1-21-14(24)9-11(10-19-21)22-5-7-23(8-6-22)17-20-15-13(25-2)4-3-12(18)16(15)26-17/h3-4,9-10H,5-8H2,1-2H3. The van der Waals surface area contributed by atoms with Crippen LogP contribution in [0.1, 0.15) is 0 Å². The summed E-state index contributed by atoms with van der Waals surface area (Å²) in [7, 11) is 3.29. The molecule has 0 radical (unpaired) electrons. The topological polar surface area (TPSA) is 63.5 Å². The molecule has 0 saturated carbocycles. The number of hydrogen-bond acceptors (Lipinski definition) is 7. The molecule has 1 saturated heterocycles. The Morgan fingerprint density at radius 2 is 1.92 bits per heavy atom. The highest BCUT2D eigenvalue weighted by Gasteiger charge is 2.22. The number of nitrogens with zero attached hydrogens (tertiary/aromatic N) is 5. The predicted octanol–water partition coefficient (Wildman–Crippen LogP) is 2.38. The van der Waals surface area contributed by atoms with Gasteiger partial charge in [-0.25, -0.2) is 9.67 Å². The molecule has 0 bridgehead atoms. The molecule has 3 heterocycles. The van der Waals surface area contributed by atoms with E-state index in [-0.39, 0.29) is 5.56 Å². The van der Waals surface area contributed by atoms with Gasteiger partial charge in [0.15, 0.2) is 5.13 Å².